The Kier molecular flexibility index (Phi) is 5.59. The van der Waals surface area contributed by atoms with Gasteiger partial charge in [-0.2, -0.15) is 5.10 Å². The molecule has 0 saturated heterocycles. The highest BCUT2D eigenvalue weighted by molar-refractivity contribution is 6.30. The van der Waals surface area contributed by atoms with Crippen LogP contribution in [-0.4, -0.2) is 34.1 Å². The summed E-state index contributed by atoms with van der Waals surface area (Å²) in [6.07, 6.45) is 3.87. The van der Waals surface area contributed by atoms with Crippen molar-refractivity contribution in [2.24, 2.45) is 0 Å². The van der Waals surface area contributed by atoms with Gasteiger partial charge >= 0.3 is 6.03 Å². The molecule has 0 aliphatic rings. The highest BCUT2D eigenvalue weighted by Gasteiger charge is 2.04. The summed E-state index contributed by atoms with van der Waals surface area (Å²) < 4.78 is 1.73. The van der Waals surface area contributed by atoms with Gasteiger partial charge < -0.3 is 15.7 Å². The summed E-state index contributed by atoms with van der Waals surface area (Å²) in [6, 6.07) is 7.20. The number of aliphatic hydroxyl groups is 1. The van der Waals surface area contributed by atoms with Crippen LogP contribution in [0.2, 0.25) is 5.02 Å². The van der Waals surface area contributed by atoms with E-state index in [9.17, 15) is 4.79 Å². The van der Waals surface area contributed by atoms with Gasteiger partial charge in [0, 0.05) is 24.4 Å². The normalized spacial score (nSPS) is 10.4. The molecule has 2 amide bonds. The molecule has 1 aromatic heterocycles. The Morgan fingerprint density at radius 2 is 2.10 bits per heavy atom. The van der Waals surface area contributed by atoms with Crippen LogP contribution < -0.4 is 10.6 Å². The first kappa shape index (κ1) is 15.3. The summed E-state index contributed by atoms with van der Waals surface area (Å²) in [5.41, 5.74) is 1.69. The number of carbonyl (C=O) groups is 1. The van der Waals surface area contributed by atoms with Crippen molar-refractivity contribution in [2.75, 3.05) is 18.5 Å². The molecule has 0 unspecified atom stereocenters. The van der Waals surface area contributed by atoms with Gasteiger partial charge in [0.1, 0.15) is 0 Å². The summed E-state index contributed by atoms with van der Waals surface area (Å²) in [4.78, 5) is 11.5. The van der Waals surface area contributed by atoms with Crippen molar-refractivity contribution in [3.05, 3.63) is 47.2 Å². The molecule has 1 aromatic carbocycles. The van der Waals surface area contributed by atoms with E-state index in [0.717, 1.165) is 5.56 Å². The zero-order valence-corrected chi connectivity index (χ0v) is 12.2. The minimum absolute atomic E-state index is 0.0549. The largest absolute Gasteiger partial charge is 0.396 e. The predicted octanol–water partition coefficient (Wildman–Crippen LogP) is 2.09. The lowest BCUT2D eigenvalue weighted by Gasteiger charge is -2.04. The maximum Gasteiger partial charge on any atom is 0.319 e. The van der Waals surface area contributed by atoms with Gasteiger partial charge in [-0.15, -0.1) is 0 Å². The Morgan fingerprint density at radius 1 is 1.33 bits per heavy atom. The third-order valence-corrected chi connectivity index (χ3v) is 3.02. The van der Waals surface area contributed by atoms with Crippen LogP contribution in [-0.2, 0) is 6.54 Å². The van der Waals surface area contributed by atoms with Gasteiger partial charge in [-0.1, -0.05) is 23.7 Å². The van der Waals surface area contributed by atoms with Gasteiger partial charge in [-0.25, -0.2) is 4.79 Å². The second-order valence-electron chi connectivity index (χ2n) is 4.51. The quantitative estimate of drug-likeness (QED) is 0.715. The van der Waals surface area contributed by atoms with E-state index in [1.165, 1.54) is 0 Å². The fraction of sp³-hybridized carbons (Fsp3) is 0.286. The number of nitrogens with zero attached hydrogens (tertiary/aromatic N) is 2. The van der Waals surface area contributed by atoms with E-state index in [1.807, 2.05) is 24.3 Å². The van der Waals surface area contributed by atoms with E-state index in [0.29, 0.717) is 30.2 Å². The smallest absolute Gasteiger partial charge is 0.319 e. The first-order chi connectivity index (χ1) is 10.2. The van der Waals surface area contributed by atoms with Gasteiger partial charge in [-0.3, -0.25) is 4.68 Å². The SMILES string of the molecule is O=C(NCCCO)Nc1cnn(Cc2ccc(Cl)cc2)c1. The lowest BCUT2D eigenvalue weighted by molar-refractivity contribution is 0.249. The zero-order chi connectivity index (χ0) is 15.1. The third-order valence-electron chi connectivity index (χ3n) is 2.77. The molecular formula is C14H17ClN4O2. The Balaban J connectivity index is 1.86. The average molecular weight is 309 g/mol. The van der Waals surface area contributed by atoms with Gasteiger partial charge in [0.15, 0.2) is 0 Å². The molecule has 0 aliphatic carbocycles. The molecule has 0 aliphatic heterocycles. The molecule has 21 heavy (non-hydrogen) atoms. The number of halogens is 1. The summed E-state index contributed by atoms with van der Waals surface area (Å²) in [7, 11) is 0. The Bertz CT molecular complexity index is 583. The molecule has 0 fully saturated rings. The van der Waals surface area contributed by atoms with Crippen molar-refractivity contribution in [1.29, 1.82) is 0 Å². The first-order valence-corrected chi connectivity index (χ1v) is 6.98. The highest BCUT2D eigenvalue weighted by atomic mass is 35.5. The number of rotatable bonds is 6. The predicted molar refractivity (Wildman–Crippen MR) is 81.5 cm³/mol. The Hall–Kier alpha value is -2.05. The van der Waals surface area contributed by atoms with Crippen LogP contribution in [0.3, 0.4) is 0 Å². The topological polar surface area (TPSA) is 79.2 Å². The van der Waals surface area contributed by atoms with E-state index >= 15 is 0 Å². The van der Waals surface area contributed by atoms with Crippen LogP contribution in [0.4, 0.5) is 10.5 Å². The number of nitrogens with one attached hydrogen (secondary N) is 2. The van der Waals surface area contributed by atoms with Crippen molar-refractivity contribution in [3.63, 3.8) is 0 Å². The number of carbonyl (C=O) groups excluding carboxylic acids is 1. The molecule has 0 atom stereocenters. The summed E-state index contributed by atoms with van der Waals surface area (Å²) >= 11 is 5.84. The molecule has 0 spiro atoms. The van der Waals surface area contributed by atoms with Crippen LogP contribution >= 0.6 is 11.6 Å². The van der Waals surface area contributed by atoms with E-state index in [4.69, 9.17) is 16.7 Å². The van der Waals surface area contributed by atoms with Gasteiger partial charge in [0.2, 0.25) is 0 Å². The molecule has 0 radical (unpaired) electrons. The standard InChI is InChI=1S/C14H17ClN4O2/c15-12-4-2-11(3-5-12)9-19-10-13(8-17-19)18-14(21)16-6-1-7-20/h2-5,8,10,20H,1,6-7,9H2,(H2,16,18,21). The first-order valence-electron chi connectivity index (χ1n) is 6.60. The van der Waals surface area contributed by atoms with Crippen molar-refractivity contribution >= 4 is 23.3 Å². The average Bonchev–Trinajstić information content (AvgIpc) is 2.89. The van der Waals surface area contributed by atoms with Crippen molar-refractivity contribution < 1.29 is 9.90 Å². The molecule has 2 rings (SSSR count). The monoisotopic (exact) mass is 308 g/mol. The Morgan fingerprint density at radius 3 is 2.81 bits per heavy atom. The maximum atomic E-state index is 11.5. The van der Waals surface area contributed by atoms with Gasteiger partial charge in [-0.05, 0) is 24.1 Å². The number of urea groups is 1. The molecule has 112 valence electrons. The highest BCUT2D eigenvalue weighted by Crippen LogP contribution is 2.12. The number of anilines is 1. The second-order valence-corrected chi connectivity index (χ2v) is 4.95. The van der Waals surface area contributed by atoms with E-state index in [-0.39, 0.29) is 12.6 Å². The summed E-state index contributed by atoms with van der Waals surface area (Å²) in [5.74, 6) is 0. The lowest BCUT2D eigenvalue weighted by atomic mass is 10.2. The van der Waals surface area contributed by atoms with Crippen LogP contribution in [0, 0.1) is 0 Å². The van der Waals surface area contributed by atoms with Crippen molar-refractivity contribution in [1.82, 2.24) is 15.1 Å². The van der Waals surface area contributed by atoms with E-state index < -0.39 is 0 Å². The molecule has 7 heteroatoms. The summed E-state index contributed by atoms with van der Waals surface area (Å²) in [5, 5.41) is 18.8. The van der Waals surface area contributed by atoms with Crippen LogP contribution in [0.5, 0.6) is 0 Å². The number of benzene rings is 1. The molecule has 6 nitrogen and oxygen atoms in total. The number of hydrogen-bond acceptors (Lipinski definition) is 3. The zero-order valence-electron chi connectivity index (χ0n) is 11.4. The van der Waals surface area contributed by atoms with Crippen LogP contribution in [0.25, 0.3) is 0 Å². The maximum absolute atomic E-state index is 11.5. The molecule has 1 heterocycles. The number of amides is 2. The van der Waals surface area contributed by atoms with Crippen molar-refractivity contribution in [2.45, 2.75) is 13.0 Å². The summed E-state index contributed by atoms with van der Waals surface area (Å²) in [6.45, 7) is 1.09. The Labute approximate surface area is 127 Å². The number of aliphatic hydroxyl groups excluding tert-OH is 1. The van der Waals surface area contributed by atoms with Crippen LogP contribution in [0.15, 0.2) is 36.7 Å². The fourth-order valence-electron chi connectivity index (χ4n) is 1.75. The fourth-order valence-corrected chi connectivity index (χ4v) is 1.87. The third kappa shape index (κ3) is 5.09. The minimum Gasteiger partial charge on any atom is -0.396 e. The molecule has 0 bridgehead atoms. The molecule has 2 aromatic rings. The van der Waals surface area contributed by atoms with Crippen molar-refractivity contribution in [3.8, 4) is 0 Å². The molecular weight excluding hydrogens is 292 g/mol. The van der Waals surface area contributed by atoms with Crippen LogP contribution in [0.1, 0.15) is 12.0 Å². The number of hydrogen-bond donors (Lipinski definition) is 3. The van der Waals surface area contributed by atoms with Gasteiger partial charge in [0.05, 0.1) is 18.4 Å². The molecule has 0 saturated carbocycles. The lowest BCUT2D eigenvalue weighted by Crippen LogP contribution is -2.29. The van der Waals surface area contributed by atoms with Gasteiger partial charge in [0.25, 0.3) is 0 Å². The second kappa shape index (κ2) is 7.66. The van der Waals surface area contributed by atoms with E-state index in [2.05, 4.69) is 15.7 Å². The minimum atomic E-state index is -0.311. The number of aromatic nitrogens is 2. The molecule has 3 N–H and O–H groups in total. The van der Waals surface area contributed by atoms with E-state index in [1.54, 1.807) is 17.1 Å².